The molecule has 3 heteroatoms. The molecular formula is C13H19NO2. The van der Waals surface area contributed by atoms with E-state index < -0.39 is 0 Å². The molecule has 0 radical (unpaired) electrons. The van der Waals surface area contributed by atoms with Crippen LogP contribution in [0.4, 0.5) is 0 Å². The van der Waals surface area contributed by atoms with E-state index in [1.54, 1.807) is 0 Å². The zero-order valence-corrected chi connectivity index (χ0v) is 10.1. The molecule has 1 rings (SSSR count). The van der Waals surface area contributed by atoms with Gasteiger partial charge in [-0.3, -0.25) is 4.79 Å². The van der Waals surface area contributed by atoms with Crippen LogP contribution in [0.25, 0.3) is 0 Å². The quantitative estimate of drug-likeness (QED) is 0.772. The van der Waals surface area contributed by atoms with Gasteiger partial charge in [-0.15, -0.1) is 0 Å². The molecule has 0 bridgehead atoms. The Morgan fingerprint density at radius 2 is 2.00 bits per heavy atom. The normalized spacial score (nSPS) is 12.2. The predicted molar refractivity (Wildman–Crippen MR) is 64.1 cm³/mol. The maximum Gasteiger partial charge on any atom is 0.309 e. The van der Waals surface area contributed by atoms with Gasteiger partial charge in [0.1, 0.15) is 0 Å². The van der Waals surface area contributed by atoms with Crippen LogP contribution in [0.15, 0.2) is 24.3 Å². The maximum absolute atomic E-state index is 11.1. The predicted octanol–water partition coefficient (Wildman–Crippen LogP) is 1.89. The zero-order chi connectivity index (χ0) is 12.0. The van der Waals surface area contributed by atoms with Crippen LogP contribution < -0.4 is 5.32 Å². The summed E-state index contributed by atoms with van der Waals surface area (Å²) in [5.74, 6) is -0.271. The molecule has 16 heavy (non-hydrogen) atoms. The molecule has 0 aliphatic heterocycles. The third-order valence-corrected chi connectivity index (χ3v) is 2.50. The van der Waals surface area contributed by atoms with Crippen molar-refractivity contribution in [3.05, 3.63) is 35.4 Å². The molecule has 0 heterocycles. The van der Waals surface area contributed by atoms with Crippen LogP contribution in [-0.2, 0) is 16.1 Å². The first-order valence-electron chi connectivity index (χ1n) is 5.47. The summed E-state index contributed by atoms with van der Waals surface area (Å²) < 4.78 is 4.65. The van der Waals surface area contributed by atoms with Gasteiger partial charge in [-0.2, -0.15) is 0 Å². The van der Waals surface area contributed by atoms with Crippen LogP contribution in [0.5, 0.6) is 0 Å². The monoisotopic (exact) mass is 221 g/mol. The Labute approximate surface area is 96.8 Å². The SMILES string of the molecule is COC(=O)C(C)CNCc1ccc(C)cc1. The van der Waals surface area contributed by atoms with Gasteiger partial charge in [0.2, 0.25) is 0 Å². The number of hydrogen-bond acceptors (Lipinski definition) is 3. The number of aryl methyl sites for hydroxylation is 1. The smallest absolute Gasteiger partial charge is 0.309 e. The Hall–Kier alpha value is -1.35. The molecule has 0 saturated carbocycles. The van der Waals surface area contributed by atoms with E-state index in [-0.39, 0.29) is 11.9 Å². The Balaban J connectivity index is 2.30. The summed E-state index contributed by atoms with van der Waals surface area (Å²) in [6.45, 7) is 5.34. The summed E-state index contributed by atoms with van der Waals surface area (Å²) in [6, 6.07) is 8.35. The highest BCUT2D eigenvalue weighted by Crippen LogP contribution is 2.03. The zero-order valence-electron chi connectivity index (χ0n) is 10.1. The number of esters is 1. The Bertz CT molecular complexity index is 332. The molecule has 0 amide bonds. The third-order valence-electron chi connectivity index (χ3n) is 2.50. The van der Waals surface area contributed by atoms with Gasteiger partial charge in [0.25, 0.3) is 0 Å². The number of carbonyl (C=O) groups excluding carboxylic acids is 1. The summed E-state index contributed by atoms with van der Waals surface area (Å²) in [7, 11) is 1.42. The van der Waals surface area contributed by atoms with Crippen LogP contribution >= 0.6 is 0 Å². The van der Waals surface area contributed by atoms with Crippen LogP contribution in [0.3, 0.4) is 0 Å². The fourth-order valence-electron chi connectivity index (χ4n) is 1.42. The van der Waals surface area contributed by atoms with Gasteiger partial charge in [-0.1, -0.05) is 36.8 Å². The number of benzene rings is 1. The summed E-state index contributed by atoms with van der Waals surface area (Å²) in [5, 5.41) is 3.24. The molecule has 1 N–H and O–H groups in total. The van der Waals surface area contributed by atoms with Crippen molar-refractivity contribution in [3.8, 4) is 0 Å². The van der Waals surface area contributed by atoms with Gasteiger partial charge in [0, 0.05) is 13.1 Å². The Kier molecular flexibility index (Phi) is 4.99. The van der Waals surface area contributed by atoms with E-state index >= 15 is 0 Å². The number of rotatable bonds is 5. The molecule has 1 aromatic rings. The summed E-state index contributed by atoms with van der Waals surface area (Å²) in [5.41, 5.74) is 2.48. The van der Waals surface area contributed by atoms with Gasteiger partial charge < -0.3 is 10.1 Å². The van der Waals surface area contributed by atoms with Crippen molar-refractivity contribution in [1.82, 2.24) is 5.32 Å². The second kappa shape index (κ2) is 6.28. The minimum Gasteiger partial charge on any atom is -0.469 e. The van der Waals surface area contributed by atoms with Gasteiger partial charge in [0.05, 0.1) is 13.0 Å². The van der Waals surface area contributed by atoms with Crippen molar-refractivity contribution in [2.24, 2.45) is 5.92 Å². The Morgan fingerprint density at radius 1 is 1.38 bits per heavy atom. The molecule has 0 aliphatic carbocycles. The molecular weight excluding hydrogens is 202 g/mol. The number of methoxy groups -OCH3 is 1. The van der Waals surface area contributed by atoms with Gasteiger partial charge in [-0.05, 0) is 12.5 Å². The number of ether oxygens (including phenoxy) is 1. The van der Waals surface area contributed by atoms with Crippen molar-refractivity contribution in [2.45, 2.75) is 20.4 Å². The maximum atomic E-state index is 11.1. The highest BCUT2D eigenvalue weighted by atomic mass is 16.5. The van der Waals surface area contributed by atoms with Crippen molar-refractivity contribution in [1.29, 1.82) is 0 Å². The van der Waals surface area contributed by atoms with Gasteiger partial charge >= 0.3 is 5.97 Å². The van der Waals surface area contributed by atoms with E-state index in [2.05, 4.69) is 41.2 Å². The number of carbonyl (C=O) groups is 1. The highest BCUT2D eigenvalue weighted by molar-refractivity contribution is 5.72. The first-order valence-corrected chi connectivity index (χ1v) is 5.47. The van der Waals surface area contributed by atoms with Gasteiger partial charge in [0.15, 0.2) is 0 Å². The molecule has 0 fully saturated rings. The minimum absolute atomic E-state index is 0.101. The van der Waals surface area contributed by atoms with Crippen LogP contribution in [-0.4, -0.2) is 19.6 Å². The van der Waals surface area contributed by atoms with E-state index in [0.29, 0.717) is 6.54 Å². The van der Waals surface area contributed by atoms with Crippen molar-refractivity contribution in [2.75, 3.05) is 13.7 Å². The second-order valence-corrected chi connectivity index (χ2v) is 4.04. The summed E-state index contributed by atoms with van der Waals surface area (Å²) >= 11 is 0. The van der Waals surface area contributed by atoms with Crippen molar-refractivity contribution >= 4 is 5.97 Å². The molecule has 0 aliphatic rings. The average molecular weight is 221 g/mol. The van der Waals surface area contributed by atoms with Crippen LogP contribution in [0.1, 0.15) is 18.1 Å². The van der Waals surface area contributed by atoms with Crippen LogP contribution in [0.2, 0.25) is 0 Å². The molecule has 0 spiro atoms. The fraction of sp³-hybridized carbons (Fsp3) is 0.462. The molecule has 0 saturated heterocycles. The molecule has 0 aromatic heterocycles. The lowest BCUT2D eigenvalue weighted by Crippen LogP contribution is -2.26. The average Bonchev–Trinajstić information content (AvgIpc) is 2.30. The van der Waals surface area contributed by atoms with Gasteiger partial charge in [-0.25, -0.2) is 0 Å². The largest absolute Gasteiger partial charge is 0.469 e. The van der Waals surface area contributed by atoms with Crippen molar-refractivity contribution in [3.63, 3.8) is 0 Å². The van der Waals surface area contributed by atoms with Crippen LogP contribution in [0, 0.1) is 12.8 Å². The molecule has 1 aromatic carbocycles. The van der Waals surface area contributed by atoms with Crippen molar-refractivity contribution < 1.29 is 9.53 Å². The van der Waals surface area contributed by atoms with E-state index in [9.17, 15) is 4.79 Å². The lowest BCUT2D eigenvalue weighted by atomic mass is 10.1. The second-order valence-electron chi connectivity index (χ2n) is 4.04. The summed E-state index contributed by atoms with van der Waals surface area (Å²) in [4.78, 5) is 11.1. The fourth-order valence-corrected chi connectivity index (χ4v) is 1.42. The van der Waals surface area contributed by atoms with E-state index in [0.717, 1.165) is 6.54 Å². The lowest BCUT2D eigenvalue weighted by molar-refractivity contribution is -0.144. The molecule has 1 atom stereocenters. The summed E-state index contributed by atoms with van der Waals surface area (Å²) in [6.07, 6.45) is 0. The lowest BCUT2D eigenvalue weighted by Gasteiger charge is -2.10. The minimum atomic E-state index is -0.170. The van der Waals surface area contributed by atoms with E-state index in [4.69, 9.17) is 0 Å². The van der Waals surface area contributed by atoms with E-state index in [1.165, 1.54) is 18.2 Å². The molecule has 3 nitrogen and oxygen atoms in total. The number of hydrogen-bond donors (Lipinski definition) is 1. The topological polar surface area (TPSA) is 38.3 Å². The highest BCUT2D eigenvalue weighted by Gasteiger charge is 2.11. The first kappa shape index (κ1) is 12.7. The molecule has 88 valence electrons. The third kappa shape index (κ3) is 4.03. The molecule has 1 unspecified atom stereocenters. The first-order chi connectivity index (χ1) is 7.63. The Morgan fingerprint density at radius 3 is 2.56 bits per heavy atom. The number of nitrogens with one attached hydrogen (secondary N) is 1. The standard InChI is InChI=1S/C13H19NO2/c1-10-4-6-12(7-5-10)9-14-8-11(2)13(15)16-3/h4-7,11,14H,8-9H2,1-3H3. The van der Waals surface area contributed by atoms with E-state index in [1.807, 2.05) is 6.92 Å².